The van der Waals surface area contributed by atoms with Gasteiger partial charge in [0.1, 0.15) is 0 Å². The van der Waals surface area contributed by atoms with Crippen molar-refractivity contribution in [3.8, 4) is 11.6 Å². The van der Waals surface area contributed by atoms with Crippen molar-refractivity contribution in [1.29, 1.82) is 0 Å². The minimum absolute atomic E-state index is 0.692. The van der Waals surface area contributed by atoms with Crippen LogP contribution in [-0.4, -0.2) is 29.5 Å². The summed E-state index contributed by atoms with van der Waals surface area (Å²) in [6, 6.07) is 8.24. The summed E-state index contributed by atoms with van der Waals surface area (Å²) in [5, 5.41) is 9.25. The molecule has 6 nitrogen and oxygen atoms in total. The van der Waals surface area contributed by atoms with Crippen LogP contribution in [0.5, 0.6) is 0 Å². The first-order chi connectivity index (χ1) is 12.3. The first-order valence-corrected chi connectivity index (χ1v) is 8.70. The Balaban J connectivity index is 2.10. The van der Waals surface area contributed by atoms with Crippen LogP contribution in [0.3, 0.4) is 0 Å². The summed E-state index contributed by atoms with van der Waals surface area (Å²) in [5.74, 6) is 1.38. The maximum atomic E-state index is 4.93. The molecule has 0 radical (unpaired) electrons. The number of fused-ring (bicyclic) bond motifs is 1. The molecule has 3 aromatic heterocycles. The quantitative estimate of drug-likeness (QED) is 0.553. The number of hydrogen-bond donors (Lipinski definition) is 0. The van der Waals surface area contributed by atoms with Crippen LogP contribution in [0, 0.1) is 41.5 Å². The fraction of sp³-hybridized carbons (Fsp3) is 0.300. The molecule has 0 unspecified atom stereocenters. The molecule has 0 bridgehead atoms. The summed E-state index contributed by atoms with van der Waals surface area (Å²) in [5.41, 5.74) is 8.05. The number of aromatic nitrogens is 6. The highest BCUT2D eigenvalue weighted by atomic mass is 15.4. The van der Waals surface area contributed by atoms with Gasteiger partial charge in [0.2, 0.25) is 0 Å². The Labute approximate surface area is 152 Å². The number of rotatable bonds is 2. The summed E-state index contributed by atoms with van der Waals surface area (Å²) in [7, 11) is 0. The van der Waals surface area contributed by atoms with Crippen LogP contribution in [0.25, 0.3) is 22.7 Å². The molecule has 0 saturated heterocycles. The second kappa shape index (κ2) is 5.76. The van der Waals surface area contributed by atoms with E-state index in [1.165, 1.54) is 11.1 Å². The number of hydrogen-bond acceptors (Lipinski definition) is 4. The third-order valence-corrected chi connectivity index (χ3v) is 4.66. The highest BCUT2D eigenvalue weighted by Crippen LogP contribution is 2.24. The molecule has 132 valence electrons. The molecule has 0 aliphatic carbocycles. The van der Waals surface area contributed by atoms with E-state index in [-0.39, 0.29) is 0 Å². The molecular formula is C20H22N6. The van der Waals surface area contributed by atoms with Crippen LogP contribution in [0.4, 0.5) is 0 Å². The SMILES string of the molecule is Cc1cc(C)n(-c2nc3cc(C)c(C)cc3nc2-n2nc(C)cc2C)n1. The van der Waals surface area contributed by atoms with E-state index in [1.54, 1.807) is 0 Å². The Kier molecular flexibility index (Phi) is 3.64. The molecule has 0 aliphatic rings. The van der Waals surface area contributed by atoms with E-state index in [1.807, 2.05) is 49.2 Å². The van der Waals surface area contributed by atoms with Crippen LogP contribution in [0.15, 0.2) is 24.3 Å². The zero-order valence-electron chi connectivity index (χ0n) is 16.0. The molecule has 0 fully saturated rings. The molecule has 4 aromatic rings. The zero-order chi connectivity index (χ0) is 18.6. The first-order valence-electron chi connectivity index (χ1n) is 8.70. The third-order valence-electron chi connectivity index (χ3n) is 4.66. The van der Waals surface area contributed by atoms with Gasteiger partial charge >= 0.3 is 0 Å². The molecule has 0 aliphatic heterocycles. The van der Waals surface area contributed by atoms with E-state index in [2.05, 4.69) is 36.2 Å². The van der Waals surface area contributed by atoms with Gasteiger partial charge in [-0.25, -0.2) is 19.3 Å². The Morgan fingerprint density at radius 1 is 0.577 bits per heavy atom. The van der Waals surface area contributed by atoms with Crippen LogP contribution < -0.4 is 0 Å². The Morgan fingerprint density at radius 2 is 0.962 bits per heavy atom. The zero-order valence-corrected chi connectivity index (χ0v) is 16.0. The minimum atomic E-state index is 0.692. The van der Waals surface area contributed by atoms with Gasteiger partial charge in [0.05, 0.1) is 22.4 Å². The maximum absolute atomic E-state index is 4.93. The van der Waals surface area contributed by atoms with Gasteiger partial charge in [0.25, 0.3) is 0 Å². The summed E-state index contributed by atoms with van der Waals surface area (Å²) < 4.78 is 3.70. The van der Waals surface area contributed by atoms with Crippen molar-refractivity contribution in [1.82, 2.24) is 29.5 Å². The summed E-state index contributed by atoms with van der Waals surface area (Å²) in [6.07, 6.45) is 0. The van der Waals surface area contributed by atoms with E-state index in [0.717, 1.165) is 33.8 Å². The van der Waals surface area contributed by atoms with Crippen molar-refractivity contribution in [2.24, 2.45) is 0 Å². The lowest BCUT2D eigenvalue weighted by Crippen LogP contribution is -2.13. The predicted molar refractivity (Wildman–Crippen MR) is 102 cm³/mol. The van der Waals surface area contributed by atoms with Crippen molar-refractivity contribution in [3.05, 3.63) is 58.2 Å². The topological polar surface area (TPSA) is 61.4 Å². The smallest absolute Gasteiger partial charge is 0.199 e. The molecule has 6 heteroatoms. The van der Waals surface area contributed by atoms with E-state index < -0.39 is 0 Å². The Hall–Kier alpha value is -3.02. The van der Waals surface area contributed by atoms with Crippen molar-refractivity contribution >= 4 is 11.0 Å². The molecule has 0 saturated carbocycles. The lowest BCUT2D eigenvalue weighted by Gasteiger charge is -2.13. The van der Waals surface area contributed by atoms with E-state index in [4.69, 9.17) is 9.97 Å². The monoisotopic (exact) mass is 346 g/mol. The van der Waals surface area contributed by atoms with Gasteiger partial charge in [0.15, 0.2) is 11.6 Å². The molecule has 0 atom stereocenters. The van der Waals surface area contributed by atoms with Crippen molar-refractivity contribution in [2.45, 2.75) is 41.5 Å². The fourth-order valence-corrected chi connectivity index (χ4v) is 3.26. The van der Waals surface area contributed by atoms with Gasteiger partial charge in [-0.1, -0.05) is 0 Å². The third kappa shape index (κ3) is 2.58. The van der Waals surface area contributed by atoms with Gasteiger partial charge in [0, 0.05) is 11.4 Å². The molecule has 0 amide bonds. The maximum Gasteiger partial charge on any atom is 0.199 e. The van der Waals surface area contributed by atoms with Crippen molar-refractivity contribution in [3.63, 3.8) is 0 Å². The molecular weight excluding hydrogens is 324 g/mol. The molecule has 1 aromatic carbocycles. The molecule has 0 N–H and O–H groups in total. The normalized spacial score (nSPS) is 11.5. The van der Waals surface area contributed by atoms with E-state index in [0.29, 0.717) is 11.6 Å². The molecule has 0 spiro atoms. The average Bonchev–Trinajstić information content (AvgIpc) is 3.08. The summed E-state index contributed by atoms with van der Waals surface area (Å²) in [4.78, 5) is 9.85. The van der Waals surface area contributed by atoms with Gasteiger partial charge in [-0.2, -0.15) is 10.2 Å². The highest BCUT2D eigenvalue weighted by Gasteiger charge is 2.18. The lowest BCUT2D eigenvalue weighted by atomic mass is 10.1. The van der Waals surface area contributed by atoms with Gasteiger partial charge in [-0.05, 0) is 76.9 Å². The van der Waals surface area contributed by atoms with E-state index >= 15 is 0 Å². The fourth-order valence-electron chi connectivity index (χ4n) is 3.26. The molecule has 3 heterocycles. The van der Waals surface area contributed by atoms with Crippen LogP contribution >= 0.6 is 0 Å². The summed E-state index contributed by atoms with van der Waals surface area (Å²) >= 11 is 0. The van der Waals surface area contributed by atoms with Gasteiger partial charge in [-0.3, -0.25) is 0 Å². The van der Waals surface area contributed by atoms with Crippen LogP contribution in [-0.2, 0) is 0 Å². The second-order valence-corrected chi connectivity index (χ2v) is 6.97. The second-order valence-electron chi connectivity index (χ2n) is 6.97. The first kappa shape index (κ1) is 16.4. The average molecular weight is 346 g/mol. The Bertz CT molecular complexity index is 1060. The number of nitrogens with zero attached hydrogens (tertiary/aromatic N) is 6. The minimum Gasteiger partial charge on any atom is -0.224 e. The standard InChI is InChI=1S/C20H22N6/c1-11-7-17-18(8-12(11)2)22-20(26-16(6)10-14(4)24-26)19(21-17)25-15(5)9-13(3)23-25/h7-10H,1-6H3. The van der Waals surface area contributed by atoms with Crippen LogP contribution in [0.2, 0.25) is 0 Å². The van der Waals surface area contributed by atoms with Crippen molar-refractivity contribution in [2.75, 3.05) is 0 Å². The van der Waals surface area contributed by atoms with E-state index in [9.17, 15) is 0 Å². The molecule has 26 heavy (non-hydrogen) atoms. The van der Waals surface area contributed by atoms with Crippen LogP contribution in [0.1, 0.15) is 33.9 Å². The number of aryl methyl sites for hydroxylation is 6. The van der Waals surface area contributed by atoms with Gasteiger partial charge in [-0.15, -0.1) is 0 Å². The van der Waals surface area contributed by atoms with Gasteiger partial charge < -0.3 is 0 Å². The largest absolute Gasteiger partial charge is 0.224 e. The molecule has 4 rings (SSSR count). The Morgan fingerprint density at radius 3 is 1.27 bits per heavy atom. The highest BCUT2D eigenvalue weighted by molar-refractivity contribution is 5.78. The van der Waals surface area contributed by atoms with Crippen molar-refractivity contribution < 1.29 is 0 Å². The summed E-state index contributed by atoms with van der Waals surface area (Å²) in [6.45, 7) is 12.2. The number of benzene rings is 1. The predicted octanol–water partition coefficient (Wildman–Crippen LogP) is 3.85. The lowest BCUT2D eigenvalue weighted by molar-refractivity contribution is 0.749.